The summed E-state index contributed by atoms with van der Waals surface area (Å²) in [6.45, 7) is 4.83. The molecule has 0 heterocycles. The van der Waals surface area contributed by atoms with Gasteiger partial charge in [0.2, 0.25) is 0 Å². The zero-order chi connectivity index (χ0) is 12.1. The van der Waals surface area contributed by atoms with E-state index < -0.39 is 17.9 Å². The predicted molar refractivity (Wildman–Crippen MR) is 53.9 cm³/mol. The van der Waals surface area contributed by atoms with E-state index in [1.807, 2.05) is 0 Å². The summed E-state index contributed by atoms with van der Waals surface area (Å²) in [5, 5.41) is 0. The number of rotatable bonds is 6. The average Bonchev–Trinajstić information content (AvgIpc) is 2.13. The van der Waals surface area contributed by atoms with Gasteiger partial charge in [-0.1, -0.05) is 6.08 Å². The van der Waals surface area contributed by atoms with Gasteiger partial charge in [0, 0.05) is 0 Å². The number of nitrogens with zero attached hydrogens (tertiary/aromatic N) is 1. The molecule has 0 bridgehead atoms. The Hall–Kier alpha value is -0.970. The van der Waals surface area contributed by atoms with Gasteiger partial charge in [-0.3, -0.25) is 0 Å². The summed E-state index contributed by atoms with van der Waals surface area (Å²) in [5.41, 5.74) is 0. The first-order valence-corrected chi connectivity index (χ1v) is 4.70. The van der Waals surface area contributed by atoms with Crippen molar-refractivity contribution in [3.05, 3.63) is 12.7 Å². The summed E-state index contributed by atoms with van der Waals surface area (Å²) in [5.74, 6) is -4.99. The van der Waals surface area contributed by atoms with Crippen LogP contribution < -0.4 is 0 Å². The first kappa shape index (κ1) is 14.0. The minimum atomic E-state index is -3.51. The highest BCUT2D eigenvalue weighted by Gasteiger charge is 2.49. The lowest BCUT2D eigenvalue weighted by atomic mass is 10.1. The van der Waals surface area contributed by atoms with E-state index in [0.29, 0.717) is 0 Å². The SMILES string of the molecule is C=CCC(N(C)C)C(F)(F)C(=O)OCC. The highest BCUT2D eigenvalue weighted by atomic mass is 19.3. The molecule has 0 aromatic carbocycles. The Bertz CT molecular complexity index is 229. The van der Waals surface area contributed by atoms with Crippen molar-refractivity contribution in [2.24, 2.45) is 0 Å². The smallest absolute Gasteiger partial charge is 0.378 e. The molecular formula is C10H17F2NO2. The van der Waals surface area contributed by atoms with Gasteiger partial charge in [-0.25, -0.2) is 4.79 Å². The molecule has 0 rings (SSSR count). The van der Waals surface area contributed by atoms with Gasteiger partial charge in [0.15, 0.2) is 0 Å². The molecule has 15 heavy (non-hydrogen) atoms. The Morgan fingerprint density at radius 3 is 2.47 bits per heavy atom. The number of carbonyl (C=O) groups excluding carboxylic acids is 1. The summed E-state index contributed by atoms with van der Waals surface area (Å²) < 4.78 is 31.4. The number of alkyl halides is 2. The van der Waals surface area contributed by atoms with Crippen LogP contribution in [0.15, 0.2) is 12.7 Å². The average molecular weight is 221 g/mol. The monoisotopic (exact) mass is 221 g/mol. The molecule has 1 atom stereocenters. The highest BCUT2D eigenvalue weighted by molar-refractivity contribution is 5.78. The Morgan fingerprint density at radius 1 is 1.60 bits per heavy atom. The van der Waals surface area contributed by atoms with Crippen LogP contribution in [0.1, 0.15) is 13.3 Å². The number of carbonyl (C=O) groups is 1. The molecule has 0 amide bonds. The molecule has 0 aliphatic heterocycles. The van der Waals surface area contributed by atoms with Gasteiger partial charge in [0.1, 0.15) is 0 Å². The molecule has 0 spiro atoms. The summed E-state index contributed by atoms with van der Waals surface area (Å²) in [4.78, 5) is 12.3. The van der Waals surface area contributed by atoms with E-state index in [4.69, 9.17) is 0 Å². The third kappa shape index (κ3) is 3.58. The van der Waals surface area contributed by atoms with Crippen LogP contribution in [0.4, 0.5) is 8.78 Å². The second-order valence-electron chi connectivity index (χ2n) is 3.35. The van der Waals surface area contributed by atoms with E-state index in [1.165, 1.54) is 32.0 Å². The van der Waals surface area contributed by atoms with Crippen LogP contribution in [-0.2, 0) is 9.53 Å². The van der Waals surface area contributed by atoms with Gasteiger partial charge >= 0.3 is 11.9 Å². The topological polar surface area (TPSA) is 29.5 Å². The van der Waals surface area contributed by atoms with Gasteiger partial charge < -0.3 is 9.64 Å². The van der Waals surface area contributed by atoms with Crippen LogP contribution in [0.25, 0.3) is 0 Å². The molecule has 0 aromatic rings. The van der Waals surface area contributed by atoms with Gasteiger partial charge in [-0.15, -0.1) is 6.58 Å². The maximum atomic E-state index is 13.5. The normalized spacial score (nSPS) is 13.7. The lowest BCUT2D eigenvalue weighted by Crippen LogP contribution is -2.49. The minimum absolute atomic E-state index is 0.0266. The molecular weight excluding hydrogens is 204 g/mol. The number of ether oxygens (including phenoxy) is 1. The lowest BCUT2D eigenvalue weighted by molar-refractivity contribution is -0.180. The molecule has 3 nitrogen and oxygen atoms in total. The number of hydrogen-bond donors (Lipinski definition) is 0. The molecule has 0 saturated heterocycles. The Morgan fingerprint density at radius 2 is 2.13 bits per heavy atom. The molecule has 0 aliphatic carbocycles. The molecule has 5 heteroatoms. The van der Waals surface area contributed by atoms with Crippen molar-refractivity contribution in [3.63, 3.8) is 0 Å². The van der Waals surface area contributed by atoms with E-state index in [0.717, 1.165) is 0 Å². The summed E-state index contributed by atoms with van der Waals surface area (Å²) in [7, 11) is 2.97. The van der Waals surface area contributed by atoms with Gasteiger partial charge in [-0.05, 0) is 27.4 Å². The van der Waals surface area contributed by atoms with Crippen molar-refractivity contribution in [2.45, 2.75) is 25.3 Å². The fraction of sp³-hybridized carbons (Fsp3) is 0.700. The standard InChI is InChI=1S/C10H17F2NO2/c1-5-7-8(13(3)4)10(11,12)9(14)15-6-2/h5,8H,1,6-7H2,2-4H3. The van der Waals surface area contributed by atoms with Crippen LogP contribution in [0, 0.1) is 0 Å². The van der Waals surface area contributed by atoms with E-state index in [-0.39, 0.29) is 13.0 Å². The number of hydrogen-bond acceptors (Lipinski definition) is 3. The number of esters is 1. The van der Waals surface area contributed by atoms with Gasteiger partial charge in [0.05, 0.1) is 12.6 Å². The van der Waals surface area contributed by atoms with Crippen LogP contribution in [0.5, 0.6) is 0 Å². The Balaban J connectivity index is 4.76. The molecule has 0 aromatic heterocycles. The second kappa shape index (κ2) is 5.80. The van der Waals surface area contributed by atoms with Crippen molar-refractivity contribution >= 4 is 5.97 Å². The first-order valence-electron chi connectivity index (χ1n) is 4.70. The molecule has 0 saturated carbocycles. The van der Waals surface area contributed by atoms with Crippen molar-refractivity contribution in [1.29, 1.82) is 0 Å². The van der Waals surface area contributed by atoms with Crippen LogP contribution in [-0.4, -0.2) is 43.5 Å². The van der Waals surface area contributed by atoms with E-state index in [9.17, 15) is 13.6 Å². The Kier molecular flexibility index (Phi) is 5.43. The number of halogens is 2. The molecule has 0 N–H and O–H groups in total. The highest BCUT2D eigenvalue weighted by Crippen LogP contribution is 2.26. The van der Waals surface area contributed by atoms with Crippen molar-refractivity contribution < 1.29 is 18.3 Å². The fourth-order valence-electron chi connectivity index (χ4n) is 1.20. The van der Waals surface area contributed by atoms with Crippen molar-refractivity contribution in [2.75, 3.05) is 20.7 Å². The Labute approximate surface area is 88.7 Å². The molecule has 0 aliphatic rings. The summed E-state index contributed by atoms with van der Waals surface area (Å²) in [6, 6.07) is -1.21. The zero-order valence-corrected chi connectivity index (χ0v) is 9.30. The van der Waals surface area contributed by atoms with E-state index in [1.54, 1.807) is 0 Å². The van der Waals surface area contributed by atoms with Crippen molar-refractivity contribution in [3.8, 4) is 0 Å². The van der Waals surface area contributed by atoms with Crippen LogP contribution >= 0.6 is 0 Å². The quantitative estimate of drug-likeness (QED) is 0.505. The minimum Gasteiger partial charge on any atom is -0.462 e. The third-order valence-corrected chi connectivity index (χ3v) is 1.98. The second-order valence-corrected chi connectivity index (χ2v) is 3.35. The van der Waals surface area contributed by atoms with Crippen LogP contribution in [0.3, 0.4) is 0 Å². The van der Waals surface area contributed by atoms with Crippen molar-refractivity contribution in [1.82, 2.24) is 4.90 Å². The molecule has 88 valence electrons. The van der Waals surface area contributed by atoms with Crippen LogP contribution in [0.2, 0.25) is 0 Å². The van der Waals surface area contributed by atoms with E-state index >= 15 is 0 Å². The predicted octanol–water partition coefficient (Wildman–Crippen LogP) is 1.69. The largest absolute Gasteiger partial charge is 0.462 e. The lowest BCUT2D eigenvalue weighted by Gasteiger charge is -2.29. The maximum Gasteiger partial charge on any atom is 0.378 e. The summed E-state index contributed by atoms with van der Waals surface area (Å²) >= 11 is 0. The first-order chi connectivity index (χ1) is 6.87. The maximum absolute atomic E-state index is 13.5. The van der Waals surface area contributed by atoms with Gasteiger partial charge in [0.25, 0.3) is 0 Å². The van der Waals surface area contributed by atoms with Gasteiger partial charge in [-0.2, -0.15) is 8.78 Å². The molecule has 0 fully saturated rings. The van der Waals surface area contributed by atoms with E-state index in [2.05, 4.69) is 11.3 Å². The summed E-state index contributed by atoms with van der Waals surface area (Å²) in [6.07, 6.45) is 1.39. The third-order valence-electron chi connectivity index (χ3n) is 1.98. The molecule has 1 unspecified atom stereocenters. The molecule has 0 radical (unpaired) electrons. The zero-order valence-electron chi connectivity index (χ0n) is 9.30. The fourth-order valence-corrected chi connectivity index (χ4v) is 1.20.